The zero-order chi connectivity index (χ0) is 29.5. The number of carbonyl (C=O) groups is 2. The molecule has 11 heteroatoms. The number of esters is 1. The van der Waals surface area contributed by atoms with E-state index < -0.39 is 23.7 Å². The van der Waals surface area contributed by atoms with Crippen LogP contribution < -0.4 is 5.32 Å². The van der Waals surface area contributed by atoms with Crippen molar-refractivity contribution in [1.82, 2.24) is 14.5 Å². The van der Waals surface area contributed by atoms with Gasteiger partial charge >= 0.3 is 5.97 Å². The number of methoxy groups -OCH3 is 2. The number of amides is 1. The maximum Gasteiger partial charge on any atom is 0.337 e. The zero-order valence-electron chi connectivity index (χ0n) is 23.0. The normalized spacial score (nSPS) is 21.6. The molecule has 0 aliphatic carbocycles. The van der Waals surface area contributed by atoms with Crippen molar-refractivity contribution in [2.45, 2.75) is 36.9 Å². The molecule has 0 unspecified atom stereocenters. The molecule has 4 aromatic rings. The van der Waals surface area contributed by atoms with Crippen molar-refractivity contribution < 1.29 is 23.5 Å². The van der Waals surface area contributed by atoms with Crippen LogP contribution in [-0.2, 0) is 20.8 Å². The first-order chi connectivity index (χ1) is 20.3. The van der Waals surface area contributed by atoms with Crippen molar-refractivity contribution in [3.63, 3.8) is 0 Å². The first kappa shape index (κ1) is 28.6. The predicted octanol–water partition coefficient (Wildman–Crippen LogP) is 5.88. The van der Waals surface area contributed by atoms with Gasteiger partial charge in [-0.05, 0) is 54.4 Å². The second-order valence-corrected chi connectivity index (χ2v) is 11.4. The lowest BCUT2D eigenvalue weighted by molar-refractivity contribution is -0.121. The van der Waals surface area contributed by atoms with E-state index in [0.29, 0.717) is 53.5 Å². The number of halogens is 3. The van der Waals surface area contributed by atoms with E-state index in [-0.39, 0.29) is 22.9 Å². The minimum atomic E-state index is -0.765. The van der Waals surface area contributed by atoms with Gasteiger partial charge in [-0.2, -0.15) is 0 Å². The maximum atomic E-state index is 15.9. The summed E-state index contributed by atoms with van der Waals surface area (Å²) in [4.78, 5) is 33.5. The summed E-state index contributed by atoms with van der Waals surface area (Å²) in [5.41, 5.74) is 2.77. The van der Waals surface area contributed by atoms with Crippen molar-refractivity contribution in [2.75, 3.05) is 32.7 Å². The summed E-state index contributed by atoms with van der Waals surface area (Å²) in [5, 5.41) is 3.49. The highest BCUT2D eigenvalue weighted by atomic mass is 35.5. The van der Waals surface area contributed by atoms with Crippen LogP contribution in [0, 0.1) is 5.82 Å². The number of rotatable bonds is 7. The molecule has 2 aliphatic heterocycles. The summed E-state index contributed by atoms with van der Waals surface area (Å²) >= 11 is 12.5. The molecule has 1 amide bonds. The Morgan fingerprint density at radius 2 is 1.88 bits per heavy atom. The van der Waals surface area contributed by atoms with Gasteiger partial charge in [0, 0.05) is 48.8 Å². The highest BCUT2D eigenvalue weighted by molar-refractivity contribution is 6.31. The lowest BCUT2D eigenvalue weighted by Crippen LogP contribution is -2.47. The lowest BCUT2D eigenvalue weighted by Gasteiger charge is -2.33. The molecule has 42 heavy (non-hydrogen) atoms. The number of aryl methyl sites for hydroxylation is 1. The number of benzene rings is 3. The second-order valence-electron chi connectivity index (χ2n) is 10.5. The number of nitrogens with zero attached hydrogens (tertiary/aromatic N) is 3. The molecule has 2 aliphatic rings. The van der Waals surface area contributed by atoms with E-state index in [2.05, 4.69) is 14.8 Å². The molecule has 1 fully saturated rings. The molecule has 0 saturated carbocycles. The van der Waals surface area contributed by atoms with E-state index in [1.165, 1.54) is 13.2 Å². The number of anilines is 1. The third-order valence-corrected chi connectivity index (χ3v) is 8.85. The fraction of sp³-hybridized carbons (Fsp3) is 0.323. The van der Waals surface area contributed by atoms with Crippen molar-refractivity contribution in [1.29, 1.82) is 0 Å². The van der Waals surface area contributed by atoms with Crippen LogP contribution in [0.2, 0.25) is 10.0 Å². The Labute approximate surface area is 252 Å². The monoisotopic (exact) mass is 610 g/mol. The van der Waals surface area contributed by atoms with E-state index in [9.17, 15) is 9.59 Å². The fourth-order valence-corrected chi connectivity index (χ4v) is 6.99. The number of hydrogen-bond donors (Lipinski definition) is 1. The van der Waals surface area contributed by atoms with E-state index >= 15 is 4.39 Å². The number of fused-ring (bicyclic) bond motifs is 5. The minimum Gasteiger partial charge on any atom is -0.465 e. The van der Waals surface area contributed by atoms with Gasteiger partial charge in [0.2, 0.25) is 5.91 Å². The Bertz CT molecular complexity index is 1680. The van der Waals surface area contributed by atoms with Crippen molar-refractivity contribution >= 4 is 51.8 Å². The Hall–Kier alpha value is -3.50. The summed E-state index contributed by atoms with van der Waals surface area (Å²) in [7, 11) is 2.95. The molecule has 0 bridgehead atoms. The van der Waals surface area contributed by atoms with Gasteiger partial charge in [-0.1, -0.05) is 41.4 Å². The summed E-state index contributed by atoms with van der Waals surface area (Å²) < 4.78 is 28.3. The summed E-state index contributed by atoms with van der Waals surface area (Å²) in [6, 6.07) is 16.2. The average molecular weight is 612 g/mol. The van der Waals surface area contributed by atoms with Gasteiger partial charge in [-0.3, -0.25) is 9.69 Å². The largest absolute Gasteiger partial charge is 0.465 e. The quantitative estimate of drug-likeness (QED) is 0.263. The molecule has 3 heterocycles. The highest BCUT2D eigenvalue weighted by Gasteiger charge is 2.56. The third-order valence-electron chi connectivity index (χ3n) is 8.33. The number of likely N-dealkylation sites (tertiary alicyclic amines) is 1. The summed E-state index contributed by atoms with van der Waals surface area (Å²) in [6.07, 6.45) is 0.700. The summed E-state index contributed by atoms with van der Waals surface area (Å²) in [5.74, 6) is -1.55. The first-order valence-electron chi connectivity index (χ1n) is 13.7. The molecule has 3 aromatic carbocycles. The molecular formula is C31H29Cl2FN4O4. The smallest absolute Gasteiger partial charge is 0.337 e. The first-order valence-corrected chi connectivity index (χ1v) is 14.4. The van der Waals surface area contributed by atoms with Crippen LogP contribution in [0.5, 0.6) is 0 Å². The van der Waals surface area contributed by atoms with Gasteiger partial charge < -0.3 is 19.4 Å². The predicted molar refractivity (Wildman–Crippen MR) is 159 cm³/mol. The average Bonchev–Trinajstić information content (AvgIpc) is 3.52. The van der Waals surface area contributed by atoms with Crippen molar-refractivity contribution in [2.24, 2.45) is 0 Å². The Morgan fingerprint density at radius 1 is 1.07 bits per heavy atom. The van der Waals surface area contributed by atoms with Gasteiger partial charge in [0.25, 0.3) is 0 Å². The van der Waals surface area contributed by atoms with Crippen LogP contribution in [0.25, 0.3) is 11.0 Å². The number of ether oxygens (including phenoxy) is 2. The molecule has 8 nitrogen and oxygen atoms in total. The second kappa shape index (κ2) is 11.6. The zero-order valence-corrected chi connectivity index (χ0v) is 24.5. The molecule has 4 atom stereocenters. The molecule has 6 rings (SSSR count). The van der Waals surface area contributed by atoms with Crippen LogP contribution in [-0.4, -0.2) is 65.8 Å². The standard InChI is InChI=1S/C31H29Cl2FN4O4/c1-41-14-13-37-24-11-12-38-23-10-9-17(31(40)42-2)15-22(23)36-29(38)26(24)25(20-7-4-8-21(33)27(20)34)28(37)30(39)35-19-6-3-5-18(32)16-19/h3-10,15-16,24-26,28H,11-14H2,1-2H3,(H,35,39)/t24-,25-,26+,28+/m0/s1. The van der Waals surface area contributed by atoms with Crippen LogP contribution >= 0.6 is 23.2 Å². The Morgan fingerprint density at radius 3 is 2.64 bits per heavy atom. The molecule has 0 spiro atoms. The van der Waals surface area contributed by atoms with Crippen molar-refractivity contribution in [3.8, 4) is 0 Å². The van der Waals surface area contributed by atoms with E-state index in [1.54, 1.807) is 55.6 Å². The maximum absolute atomic E-state index is 15.9. The van der Waals surface area contributed by atoms with Gasteiger partial charge in [-0.25, -0.2) is 14.2 Å². The van der Waals surface area contributed by atoms with Crippen molar-refractivity contribution in [3.05, 3.63) is 93.5 Å². The van der Waals surface area contributed by atoms with Gasteiger partial charge in [-0.15, -0.1) is 0 Å². The molecule has 0 radical (unpaired) electrons. The Kier molecular flexibility index (Phi) is 7.93. The lowest BCUT2D eigenvalue weighted by atomic mass is 9.78. The van der Waals surface area contributed by atoms with Crippen LogP contribution in [0.1, 0.15) is 40.0 Å². The number of aromatic nitrogens is 2. The van der Waals surface area contributed by atoms with Crippen LogP contribution in [0.3, 0.4) is 0 Å². The number of carbonyl (C=O) groups excluding carboxylic acids is 2. The molecule has 1 saturated heterocycles. The number of nitrogens with one attached hydrogen (secondary N) is 1. The van der Waals surface area contributed by atoms with Gasteiger partial charge in [0.05, 0.1) is 41.4 Å². The van der Waals surface area contributed by atoms with Crippen LogP contribution in [0.15, 0.2) is 60.7 Å². The molecular weight excluding hydrogens is 582 g/mol. The minimum absolute atomic E-state index is 0.0135. The molecule has 1 aromatic heterocycles. The highest BCUT2D eigenvalue weighted by Crippen LogP contribution is 2.52. The number of hydrogen-bond acceptors (Lipinski definition) is 6. The molecule has 1 N–H and O–H groups in total. The Balaban J connectivity index is 1.52. The summed E-state index contributed by atoms with van der Waals surface area (Å²) in [6.45, 7) is 1.48. The molecule has 218 valence electrons. The van der Waals surface area contributed by atoms with Gasteiger partial charge in [0.15, 0.2) is 0 Å². The van der Waals surface area contributed by atoms with E-state index in [1.807, 2.05) is 6.07 Å². The topological polar surface area (TPSA) is 85.7 Å². The van der Waals surface area contributed by atoms with Crippen LogP contribution in [0.4, 0.5) is 10.1 Å². The van der Waals surface area contributed by atoms with E-state index in [4.69, 9.17) is 37.7 Å². The van der Waals surface area contributed by atoms with Gasteiger partial charge in [0.1, 0.15) is 11.6 Å². The SMILES string of the molecule is COCCN1[C@H]2CCn3c(nc4cc(C(=O)OC)ccc43)[C@H]2[C@H](c2cccc(Cl)c2F)[C@@H]1C(=O)Nc1cccc(Cl)c1. The fourth-order valence-electron chi connectivity index (χ4n) is 6.62. The third kappa shape index (κ3) is 4.94. The number of imidazole rings is 1. The van der Waals surface area contributed by atoms with E-state index in [0.717, 1.165) is 11.3 Å².